The number of benzene rings is 1. The van der Waals surface area contributed by atoms with Gasteiger partial charge in [-0.25, -0.2) is 4.39 Å². The summed E-state index contributed by atoms with van der Waals surface area (Å²) in [6.07, 6.45) is -8.93. The quantitative estimate of drug-likeness (QED) is 0.242. The van der Waals surface area contributed by atoms with E-state index in [1.807, 2.05) is 0 Å². The van der Waals surface area contributed by atoms with Gasteiger partial charge in [0.2, 0.25) is 0 Å². The van der Waals surface area contributed by atoms with Crippen molar-refractivity contribution < 1.29 is 72.9 Å². The molecular formula is C19H22F7O2Y-. The zero-order valence-electron chi connectivity index (χ0n) is 15.7. The molecule has 1 aliphatic carbocycles. The monoisotopic (exact) mass is 504 g/mol. The smallest absolute Gasteiger partial charge is 0.416 e. The fraction of sp³-hybridized carbons (Fsp3) is 0.632. The first kappa shape index (κ1) is 26.6. The number of halogens is 7. The molecule has 2 nitrogen and oxygen atoms in total. The van der Waals surface area contributed by atoms with Crippen LogP contribution in [0.25, 0.3) is 0 Å². The molecule has 0 N–H and O–H groups in total. The number of ether oxygens (including phenoxy) is 2. The Bertz CT molecular complexity index is 602. The standard InChI is InChI=1S/C19H22F7O2.Y/c1-2-3-6-27-10-12-4-5-17(20)16(12)11-28-15-8-13(18(21,22)23)7-14(9-15)19(24,25)26;/h7-9,12,16-17H,1-6,10-11H2;/q-1;/t12-,16-,17?;/m1./s1. The summed E-state index contributed by atoms with van der Waals surface area (Å²) in [6.45, 7) is 4.09. The zero-order chi connectivity index (χ0) is 20.9. The van der Waals surface area contributed by atoms with Gasteiger partial charge in [-0.1, -0.05) is 6.42 Å². The van der Waals surface area contributed by atoms with Gasteiger partial charge in [-0.2, -0.15) is 32.8 Å². The van der Waals surface area contributed by atoms with Crippen molar-refractivity contribution in [3.8, 4) is 5.75 Å². The first-order valence-corrected chi connectivity index (χ1v) is 8.95. The molecule has 3 atom stereocenters. The minimum Gasteiger partial charge on any atom is -0.493 e. The minimum absolute atomic E-state index is 0. The third kappa shape index (κ3) is 7.98. The van der Waals surface area contributed by atoms with E-state index < -0.39 is 41.3 Å². The van der Waals surface area contributed by atoms with Crippen LogP contribution in [0.3, 0.4) is 0 Å². The van der Waals surface area contributed by atoms with Crippen LogP contribution >= 0.6 is 0 Å². The molecule has 0 bridgehead atoms. The van der Waals surface area contributed by atoms with E-state index in [0.29, 0.717) is 31.6 Å². The van der Waals surface area contributed by atoms with Gasteiger partial charge in [0.25, 0.3) is 0 Å². The Morgan fingerprint density at radius 1 is 0.931 bits per heavy atom. The Balaban J connectivity index is 0.00000420. The molecular weight excluding hydrogens is 482 g/mol. The van der Waals surface area contributed by atoms with Gasteiger partial charge in [-0.15, -0.1) is 0 Å². The SMILES string of the molecule is [CH2-]CCCOC[C@H]1CCC(F)[C@@H]1COc1cc(C(F)(F)F)cc(C(F)(F)F)c1.[Y]. The fourth-order valence-electron chi connectivity index (χ4n) is 3.19. The van der Waals surface area contributed by atoms with Crippen LogP contribution in [0.2, 0.25) is 0 Å². The molecule has 0 aliphatic heterocycles. The normalized spacial score (nSPS) is 22.4. The van der Waals surface area contributed by atoms with E-state index >= 15 is 0 Å². The maximum atomic E-state index is 14.1. The minimum atomic E-state index is -4.96. The summed E-state index contributed by atoms with van der Waals surface area (Å²) in [5.74, 6) is -1.44. The van der Waals surface area contributed by atoms with E-state index in [9.17, 15) is 30.7 Å². The van der Waals surface area contributed by atoms with E-state index in [-0.39, 0.29) is 64.3 Å². The summed E-state index contributed by atoms with van der Waals surface area (Å²) < 4.78 is 102. The van der Waals surface area contributed by atoms with Crippen molar-refractivity contribution >= 4 is 0 Å². The Kier molecular flexibility index (Phi) is 10.4. The van der Waals surface area contributed by atoms with Gasteiger partial charge in [0, 0.05) is 51.8 Å². The first-order valence-electron chi connectivity index (χ1n) is 8.95. The van der Waals surface area contributed by atoms with E-state index in [4.69, 9.17) is 9.47 Å². The molecule has 0 amide bonds. The summed E-state index contributed by atoms with van der Waals surface area (Å²) in [4.78, 5) is 0. The van der Waals surface area contributed by atoms with Crippen LogP contribution in [0, 0.1) is 18.8 Å². The Hall–Kier alpha value is -0.406. The molecule has 1 unspecified atom stereocenters. The predicted octanol–water partition coefficient (Wildman–Crippen LogP) is 6.10. The molecule has 1 aromatic carbocycles. The van der Waals surface area contributed by atoms with Crippen molar-refractivity contribution in [3.05, 3.63) is 36.2 Å². The van der Waals surface area contributed by atoms with Crippen LogP contribution in [0.1, 0.15) is 36.8 Å². The van der Waals surface area contributed by atoms with Crippen molar-refractivity contribution in [1.82, 2.24) is 0 Å². The van der Waals surface area contributed by atoms with Gasteiger partial charge < -0.3 is 16.4 Å². The number of unbranched alkanes of at least 4 members (excludes halogenated alkanes) is 1. The number of rotatable bonds is 8. The van der Waals surface area contributed by atoms with Crippen molar-refractivity contribution in [2.45, 2.75) is 44.2 Å². The Labute approximate surface area is 190 Å². The summed E-state index contributed by atoms with van der Waals surface area (Å²) in [7, 11) is 0. The van der Waals surface area contributed by atoms with Crippen LogP contribution < -0.4 is 4.74 Å². The molecule has 163 valence electrons. The van der Waals surface area contributed by atoms with Crippen molar-refractivity contribution in [1.29, 1.82) is 0 Å². The summed E-state index contributed by atoms with van der Waals surface area (Å²) in [6, 6.07) is 1.02. The largest absolute Gasteiger partial charge is 0.493 e. The molecule has 2 rings (SSSR count). The van der Waals surface area contributed by atoms with E-state index in [2.05, 4.69) is 6.92 Å². The van der Waals surface area contributed by atoms with E-state index in [1.54, 1.807) is 0 Å². The van der Waals surface area contributed by atoms with Crippen molar-refractivity contribution in [2.75, 3.05) is 19.8 Å². The number of hydrogen-bond acceptors (Lipinski definition) is 2. The molecule has 1 fully saturated rings. The molecule has 29 heavy (non-hydrogen) atoms. The van der Waals surface area contributed by atoms with Crippen LogP contribution in [0.4, 0.5) is 30.7 Å². The summed E-state index contributed by atoms with van der Waals surface area (Å²) in [5.41, 5.74) is -2.93. The maximum absolute atomic E-state index is 14.1. The van der Waals surface area contributed by atoms with E-state index in [0.717, 1.165) is 6.42 Å². The Morgan fingerprint density at radius 2 is 1.52 bits per heavy atom. The Morgan fingerprint density at radius 3 is 2.03 bits per heavy atom. The second kappa shape index (κ2) is 11.3. The first-order chi connectivity index (χ1) is 13.0. The molecule has 0 heterocycles. The van der Waals surface area contributed by atoms with Gasteiger partial charge in [0.05, 0.1) is 17.7 Å². The van der Waals surface area contributed by atoms with Crippen molar-refractivity contribution in [3.63, 3.8) is 0 Å². The maximum Gasteiger partial charge on any atom is 0.416 e. The zero-order valence-corrected chi connectivity index (χ0v) is 18.5. The molecule has 1 saturated carbocycles. The summed E-state index contributed by atoms with van der Waals surface area (Å²) in [5, 5.41) is 0. The van der Waals surface area contributed by atoms with Gasteiger partial charge in [-0.3, -0.25) is 0 Å². The van der Waals surface area contributed by atoms with Gasteiger partial charge in [-0.05, 0) is 37.0 Å². The van der Waals surface area contributed by atoms with Crippen LogP contribution in [0.5, 0.6) is 5.75 Å². The van der Waals surface area contributed by atoms with Crippen LogP contribution in [0.15, 0.2) is 18.2 Å². The fourth-order valence-corrected chi connectivity index (χ4v) is 3.19. The van der Waals surface area contributed by atoms with Gasteiger partial charge in [0.15, 0.2) is 0 Å². The van der Waals surface area contributed by atoms with Crippen LogP contribution in [-0.4, -0.2) is 26.0 Å². The number of alkyl halides is 7. The third-order valence-electron chi connectivity index (χ3n) is 4.76. The number of hydrogen-bond donors (Lipinski definition) is 0. The summed E-state index contributed by atoms with van der Waals surface area (Å²) >= 11 is 0. The topological polar surface area (TPSA) is 18.5 Å². The second-order valence-corrected chi connectivity index (χ2v) is 6.85. The van der Waals surface area contributed by atoms with Gasteiger partial charge in [0.1, 0.15) is 11.9 Å². The molecule has 0 spiro atoms. The molecule has 1 aliphatic rings. The average Bonchev–Trinajstić information content (AvgIpc) is 2.95. The molecule has 0 aromatic heterocycles. The molecule has 1 aromatic rings. The van der Waals surface area contributed by atoms with E-state index in [1.165, 1.54) is 0 Å². The molecule has 1 radical (unpaired) electrons. The third-order valence-corrected chi connectivity index (χ3v) is 4.76. The van der Waals surface area contributed by atoms with Crippen LogP contribution in [-0.2, 0) is 49.8 Å². The second-order valence-electron chi connectivity index (χ2n) is 6.85. The predicted molar refractivity (Wildman–Crippen MR) is 88.5 cm³/mol. The molecule has 10 heteroatoms. The molecule has 0 saturated heterocycles. The van der Waals surface area contributed by atoms with Gasteiger partial charge >= 0.3 is 12.4 Å². The van der Waals surface area contributed by atoms with Crippen molar-refractivity contribution in [2.24, 2.45) is 11.8 Å². The average molecular weight is 504 g/mol.